The molecule has 5 aromatic rings. The van der Waals surface area contributed by atoms with E-state index in [0.29, 0.717) is 6.04 Å². The van der Waals surface area contributed by atoms with Crippen LogP contribution in [0.15, 0.2) is 91.1 Å². The molecule has 1 fully saturated rings. The van der Waals surface area contributed by atoms with E-state index in [0.717, 1.165) is 44.7 Å². The molecular weight excluding hydrogens is 629 g/mol. The van der Waals surface area contributed by atoms with Crippen molar-refractivity contribution < 1.29 is 0 Å². The molecule has 3 nitrogen and oxygen atoms in total. The summed E-state index contributed by atoms with van der Waals surface area (Å²) in [5.41, 5.74) is 18.4. The van der Waals surface area contributed by atoms with Gasteiger partial charge in [-0.2, -0.15) is 0 Å². The van der Waals surface area contributed by atoms with E-state index in [-0.39, 0.29) is 24.8 Å². The Labute approximate surface area is 301 Å². The maximum absolute atomic E-state index is 4.74. The normalized spacial score (nSPS) is 13.5. The number of pyridine rings is 1. The third-order valence-electron chi connectivity index (χ3n) is 10.3. The second kappa shape index (κ2) is 16.2. The molecular formula is C43H51Cl2N3. The van der Waals surface area contributed by atoms with Crippen molar-refractivity contribution in [3.8, 4) is 22.4 Å². The first kappa shape index (κ1) is 37.2. The molecule has 0 bridgehead atoms. The van der Waals surface area contributed by atoms with E-state index < -0.39 is 0 Å². The molecule has 0 radical (unpaired) electrons. The molecule has 1 aliphatic heterocycles. The van der Waals surface area contributed by atoms with Crippen LogP contribution in [0.25, 0.3) is 22.4 Å². The summed E-state index contributed by atoms with van der Waals surface area (Å²) >= 11 is 0. The van der Waals surface area contributed by atoms with E-state index in [1.54, 1.807) is 0 Å². The molecule has 2 heterocycles. The number of hydrogen-bond acceptors (Lipinski definition) is 3. The van der Waals surface area contributed by atoms with Crippen LogP contribution in [0.5, 0.6) is 0 Å². The van der Waals surface area contributed by atoms with Crippen LogP contribution in [0.1, 0.15) is 62.9 Å². The van der Waals surface area contributed by atoms with Crippen LogP contribution in [0.4, 0.5) is 5.69 Å². The summed E-state index contributed by atoms with van der Waals surface area (Å²) in [5, 5.41) is 0. The Morgan fingerprint density at radius 2 is 1.23 bits per heavy atom. The van der Waals surface area contributed by atoms with E-state index in [2.05, 4.69) is 143 Å². The molecule has 252 valence electrons. The van der Waals surface area contributed by atoms with Crippen molar-refractivity contribution in [3.63, 3.8) is 0 Å². The minimum atomic E-state index is 0. The van der Waals surface area contributed by atoms with Crippen molar-refractivity contribution in [1.82, 2.24) is 9.88 Å². The van der Waals surface area contributed by atoms with E-state index >= 15 is 0 Å². The van der Waals surface area contributed by atoms with Gasteiger partial charge in [-0.1, -0.05) is 42.5 Å². The van der Waals surface area contributed by atoms with Crippen molar-refractivity contribution in [2.75, 3.05) is 18.0 Å². The van der Waals surface area contributed by atoms with Crippen LogP contribution < -0.4 is 4.90 Å². The number of likely N-dealkylation sites (tertiary alicyclic amines) is 1. The molecule has 0 saturated carbocycles. The Kier molecular flexibility index (Phi) is 12.5. The molecule has 4 aromatic carbocycles. The molecule has 0 atom stereocenters. The zero-order valence-electron chi connectivity index (χ0n) is 29.6. The molecule has 1 aliphatic rings. The third-order valence-corrected chi connectivity index (χ3v) is 10.3. The number of benzene rings is 4. The third kappa shape index (κ3) is 8.50. The van der Waals surface area contributed by atoms with Crippen LogP contribution in [0, 0.1) is 48.5 Å². The van der Waals surface area contributed by atoms with Gasteiger partial charge in [0.25, 0.3) is 0 Å². The number of rotatable bonds is 8. The van der Waals surface area contributed by atoms with Crippen LogP contribution >= 0.6 is 24.8 Å². The van der Waals surface area contributed by atoms with Crippen molar-refractivity contribution in [2.45, 2.75) is 80.4 Å². The summed E-state index contributed by atoms with van der Waals surface area (Å²) in [6.45, 7) is 19.5. The molecule has 0 spiro atoms. The minimum Gasteiger partial charge on any atom is -0.364 e. The van der Waals surface area contributed by atoms with Crippen molar-refractivity contribution in [2.24, 2.45) is 0 Å². The van der Waals surface area contributed by atoms with Gasteiger partial charge in [-0.3, -0.25) is 9.88 Å². The van der Waals surface area contributed by atoms with Gasteiger partial charge in [0, 0.05) is 49.7 Å². The lowest BCUT2D eigenvalue weighted by Gasteiger charge is -2.40. The molecule has 0 N–H and O–H groups in total. The molecule has 1 saturated heterocycles. The SMILES string of the molecule is Cc1cccc(N(Cc2cccc(-c3cc(C)c(C)c(C)c3)c2)C2CCN(Cc3ccnc(-c4cc(C)c(C)c(C)c4)c3)CC2)c1.Cl.Cl. The maximum atomic E-state index is 4.74. The predicted octanol–water partition coefficient (Wildman–Crippen LogP) is 11.1. The molecule has 0 aliphatic carbocycles. The Morgan fingerprint density at radius 1 is 0.625 bits per heavy atom. The number of aromatic nitrogens is 1. The zero-order chi connectivity index (χ0) is 32.4. The van der Waals surface area contributed by atoms with E-state index in [4.69, 9.17) is 4.98 Å². The fourth-order valence-corrected chi connectivity index (χ4v) is 7.05. The van der Waals surface area contributed by atoms with Crippen LogP contribution in [-0.4, -0.2) is 29.0 Å². The molecule has 0 unspecified atom stereocenters. The fraction of sp³-hybridized carbons (Fsp3) is 0.326. The largest absolute Gasteiger partial charge is 0.364 e. The van der Waals surface area contributed by atoms with E-state index in [9.17, 15) is 0 Å². The van der Waals surface area contributed by atoms with Crippen molar-refractivity contribution in [3.05, 3.63) is 141 Å². The van der Waals surface area contributed by atoms with Gasteiger partial charge in [0.1, 0.15) is 0 Å². The lowest BCUT2D eigenvalue weighted by Crippen LogP contribution is -2.44. The van der Waals surface area contributed by atoms with Gasteiger partial charge >= 0.3 is 0 Å². The lowest BCUT2D eigenvalue weighted by atomic mass is 9.95. The second-order valence-electron chi connectivity index (χ2n) is 13.7. The fourth-order valence-electron chi connectivity index (χ4n) is 7.05. The summed E-state index contributed by atoms with van der Waals surface area (Å²) in [6.07, 6.45) is 4.28. The smallest absolute Gasteiger partial charge is 0.0705 e. The van der Waals surface area contributed by atoms with Gasteiger partial charge in [0.2, 0.25) is 0 Å². The number of aryl methyl sites for hydroxylation is 5. The Balaban J connectivity index is 0.00000260. The minimum absolute atomic E-state index is 0. The summed E-state index contributed by atoms with van der Waals surface area (Å²) in [5.74, 6) is 0. The summed E-state index contributed by atoms with van der Waals surface area (Å²) in [4.78, 5) is 10.0. The van der Waals surface area contributed by atoms with Crippen LogP contribution in [0.2, 0.25) is 0 Å². The van der Waals surface area contributed by atoms with Gasteiger partial charge in [0.05, 0.1) is 5.69 Å². The zero-order valence-corrected chi connectivity index (χ0v) is 31.3. The average molecular weight is 681 g/mol. The van der Waals surface area contributed by atoms with Crippen molar-refractivity contribution in [1.29, 1.82) is 0 Å². The Hall–Kier alpha value is -3.63. The molecule has 48 heavy (non-hydrogen) atoms. The predicted molar refractivity (Wildman–Crippen MR) is 210 cm³/mol. The Morgan fingerprint density at radius 3 is 1.85 bits per heavy atom. The van der Waals surface area contributed by atoms with Gasteiger partial charge in [-0.05, 0) is 165 Å². The number of anilines is 1. The molecule has 1 aromatic heterocycles. The van der Waals surface area contributed by atoms with Crippen LogP contribution in [0.3, 0.4) is 0 Å². The molecule has 0 amide bonds. The first-order valence-electron chi connectivity index (χ1n) is 16.9. The highest BCUT2D eigenvalue weighted by Crippen LogP contribution is 2.31. The number of halogens is 2. The number of hydrogen-bond donors (Lipinski definition) is 0. The highest BCUT2D eigenvalue weighted by atomic mass is 35.5. The van der Waals surface area contributed by atoms with Crippen LogP contribution in [-0.2, 0) is 13.1 Å². The van der Waals surface area contributed by atoms with Gasteiger partial charge in [0.15, 0.2) is 0 Å². The summed E-state index contributed by atoms with van der Waals surface area (Å²) in [7, 11) is 0. The highest BCUT2D eigenvalue weighted by molar-refractivity contribution is 5.85. The monoisotopic (exact) mass is 679 g/mol. The lowest BCUT2D eigenvalue weighted by molar-refractivity contribution is 0.201. The quantitative estimate of drug-likeness (QED) is 0.163. The number of piperidine rings is 1. The maximum Gasteiger partial charge on any atom is 0.0705 e. The highest BCUT2D eigenvalue weighted by Gasteiger charge is 2.26. The summed E-state index contributed by atoms with van der Waals surface area (Å²) < 4.78 is 0. The average Bonchev–Trinajstić information content (AvgIpc) is 3.05. The van der Waals surface area contributed by atoms with Gasteiger partial charge in [-0.15, -0.1) is 24.8 Å². The second-order valence-corrected chi connectivity index (χ2v) is 13.7. The standard InChI is InChI=1S/C43H49N3.2ClH/c1-29-10-8-13-42(20-29)46(28-36-11-9-12-38(25-36)39-21-30(2)34(6)31(3)22-39)41-15-18-45(19-16-41)27-37-14-17-44-43(26-37)40-23-32(4)35(7)33(5)24-40;;/h8-14,17,20-26,41H,15-16,18-19,27-28H2,1-7H3;2*1H. The van der Waals surface area contributed by atoms with Crippen molar-refractivity contribution >= 4 is 30.5 Å². The molecule has 6 rings (SSSR count). The van der Waals surface area contributed by atoms with Gasteiger partial charge < -0.3 is 4.90 Å². The first-order valence-corrected chi connectivity index (χ1v) is 16.9. The topological polar surface area (TPSA) is 19.4 Å². The number of nitrogens with zero attached hydrogens (tertiary/aromatic N) is 3. The van der Waals surface area contributed by atoms with E-state index in [1.165, 1.54) is 72.4 Å². The van der Waals surface area contributed by atoms with Gasteiger partial charge in [-0.25, -0.2) is 0 Å². The molecule has 5 heteroatoms. The first-order chi connectivity index (χ1) is 22.1. The summed E-state index contributed by atoms with van der Waals surface area (Å²) in [6, 6.07) is 32.5. The van der Waals surface area contributed by atoms with E-state index in [1.807, 2.05) is 6.20 Å². The Bertz CT molecular complexity index is 1810.